The lowest BCUT2D eigenvalue weighted by Crippen LogP contribution is -2.15. The van der Waals surface area contributed by atoms with Gasteiger partial charge in [-0.1, -0.05) is 24.6 Å². The van der Waals surface area contributed by atoms with Gasteiger partial charge in [-0.15, -0.1) is 0 Å². The maximum atomic E-state index is 11.6. The smallest absolute Gasteiger partial charge is 0.308 e. The van der Waals surface area contributed by atoms with Crippen molar-refractivity contribution in [1.82, 2.24) is 9.78 Å². The minimum Gasteiger partial charge on any atom is -0.469 e. The van der Waals surface area contributed by atoms with Crippen molar-refractivity contribution < 1.29 is 9.53 Å². The highest BCUT2D eigenvalue weighted by atomic mass is 35.5. The van der Waals surface area contributed by atoms with E-state index in [1.54, 1.807) is 0 Å². The van der Waals surface area contributed by atoms with E-state index in [9.17, 15) is 4.79 Å². The Morgan fingerprint density at radius 3 is 2.76 bits per heavy atom. The van der Waals surface area contributed by atoms with Crippen molar-refractivity contribution in [3.8, 4) is 5.69 Å². The first-order chi connectivity index (χ1) is 9.93. The van der Waals surface area contributed by atoms with Gasteiger partial charge in [0.2, 0.25) is 0 Å². The summed E-state index contributed by atoms with van der Waals surface area (Å²) in [5.74, 6) is -0.395. The molecule has 112 valence electrons. The molecule has 0 fully saturated rings. The van der Waals surface area contributed by atoms with Gasteiger partial charge in [0.05, 0.1) is 24.4 Å². The van der Waals surface area contributed by atoms with Crippen LogP contribution in [-0.2, 0) is 16.0 Å². The van der Waals surface area contributed by atoms with Crippen LogP contribution in [0.4, 0.5) is 0 Å². The van der Waals surface area contributed by atoms with Gasteiger partial charge in [0, 0.05) is 10.7 Å². The molecule has 0 bridgehead atoms. The molecule has 1 heterocycles. The summed E-state index contributed by atoms with van der Waals surface area (Å²) in [6.45, 7) is 5.81. The molecule has 21 heavy (non-hydrogen) atoms. The zero-order valence-electron chi connectivity index (χ0n) is 12.7. The number of methoxy groups -OCH3 is 1. The second-order valence-electron chi connectivity index (χ2n) is 5.17. The standard InChI is InChI=1S/C16H19ClN2O2/c1-10(16(20)21-4)8-15-11(2)18-19(12(15)3)14-7-5-6-13(17)9-14/h5-7,9-10H,8H2,1-4H3. The van der Waals surface area contributed by atoms with Crippen LogP contribution in [0.15, 0.2) is 24.3 Å². The number of nitrogens with zero attached hydrogens (tertiary/aromatic N) is 2. The molecule has 0 saturated heterocycles. The van der Waals surface area contributed by atoms with Crippen LogP contribution in [0, 0.1) is 19.8 Å². The number of aromatic nitrogens is 2. The second-order valence-corrected chi connectivity index (χ2v) is 5.61. The van der Waals surface area contributed by atoms with Crippen molar-refractivity contribution in [2.45, 2.75) is 27.2 Å². The second kappa shape index (κ2) is 6.31. The van der Waals surface area contributed by atoms with Gasteiger partial charge < -0.3 is 4.74 Å². The van der Waals surface area contributed by atoms with Crippen LogP contribution in [0.3, 0.4) is 0 Å². The lowest BCUT2D eigenvalue weighted by molar-refractivity contribution is -0.144. The number of aryl methyl sites for hydroxylation is 1. The summed E-state index contributed by atoms with van der Waals surface area (Å²) in [6, 6.07) is 7.55. The van der Waals surface area contributed by atoms with Crippen LogP contribution < -0.4 is 0 Å². The summed E-state index contributed by atoms with van der Waals surface area (Å²) in [7, 11) is 1.41. The van der Waals surface area contributed by atoms with E-state index in [1.165, 1.54) is 7.11 Å². The van der Waals surface area contributed by atoms with E-state index < -0.39 is 0 Å². The Labute approximate surface area is 129 Å². The molecule has 4 nitrogen and oxygen atoms in total. The monoisotopic (exact) mass is 306 g/mol. The van der Waals surface area contributed by atoms with E-state index in [1.807, 2.05) is 49.7 Å². The van der Waals surface area contributed by atoms with Crippen LogP contribution in [0.25, 0.3) is 5.69 Å². The lowest BCUT2D eigenvalue weighted by Gasteiger charge is -2.10. The number of benzene rings is 1. The third kappa shape index (κ3) is 3.27. The Morgan fingerprint density at radius 1 is 1.43 bits per heavy atom. The van der Waals surface area contributed by atoms with Crippen molar-refractivity contribution in [2.75, 3.05) is 7.11 Å². The van der Waals surface area contributed by atoms with Crippen molar-refractivity contribution >= 4 is 17.6 Å². The molecule has 5 heteroatoms. The predicted octanol–water partition coefficient (Wildman–Crippen LogP) is 3.49. The molecule has 0 radical (unpaired) electrons. The average Bonchev–Trinajstić information content (AvgIpc) is 2.74. The molecule has 0 saturated carbocycles. The molecular formula is C16H19ClN2O2. The molecule has 0 aliphatic carbocycles. The molecule has 0 aliphatic heterocycles. The van der Waals surface area contributed by atoms with Crippen LogP contribution >= 0.6 is 11.6 Å². The zero-order chi connectivity index (χ0) is 15.6. The van der Waals surface area contributed by atoms with E-state index in [0.29, 0.717) is 11.4 Å². The molecule has 0 amide bonds. The molecule has 0 spiro atoms. The molecule has 0 N–H and O–H groups in total. The maximum absolute atomic E-state index is 11.6. The Hall–Kier alpha value is -1.81. The average molecular weight is 307 g/mol. The van der Waals surface area contributed by atoms with Gasteiger partial charge in [0.15, 0.2) is 0 Å². The number of rotatable bonds is 4. The summed E-state index contributed by atoms with van der Waals surface area (Å²) in [5, 5.41) is 5.24. The van der Waals surface area contributed by atoms with Crippen LogP contribution in [0.1, 0.15) is 23.9 Å². The first-order valence-electron chi connectivity index (χ1n) is 6.83. The molecule has 2 aromatic rings. The molecule has 2 rings (SSSR count). The van der Waals surface area contributed by atoms with Gasteiger partial charge in [0.25, 0.3) is 0 Å². The van der Waals surface area contributed by atoms with Crippen LogP contribution in [-0.4, -0.2) is 22.9 Å². The number of ether oxygens (including phenoxy) is 1. The molecular weight excluding hydrogens is 288 g/mol. The normalized spacial score (nSPS) is 12.2. The first kappa shape index (κ1) is 15.6. The maximum Gasteiger partial charge on any atom is 0.308 e. The molecule has 0 aliphatic rings. The van der Waals surface area contributed by atoms with Gasteiger partial charge >= 0.3 is 5.97 Å². The van der Waals surface area contributed by atoms with Gasteiger partial charge in [-0.3, -0.25) is 4.79 Å². The van der Waals surface area contributed by atoms with E-state index >= 15 is 0 Å². The number of hydrogen-bond donors (Lipinski definition) is 0. The summed E-state index contributed by atoms with van der Waals surface area (Å²) < 4.78 is 6.65. The Bertz CT molecular complexity index is 664. The highest BCUT2D eigenvalue weighted by molar-refractivity contribution is 6.30. The number of carbonyl (C=O) groups excluding carboxylic acids is 1. The summed E-state index contributed by atoms with van der Waals surface area (Å²) in [6.07, 6.45) is 0.616. The van der Waals surface area contributed by atoms with Crippen molar-refractivity contribution in [1.29, 1.82) is 0 Å². The number of esters is 1. The minimum atomic E-state index is -0.204. The topological polar surface area (TPSA) is 44.1 Å². The SMILES string of the molecule is COC(=O)C(C)Cc1c(C)nn(-c2cccc(Cl)c2)c1C. The summed E-state index contributed by atoms with van der Waals surface area (Å²) >= 11 is 6.04. The van der Waals surface area contributed by atoms with Gasteiger partial charge in [-0.05, 0) is 44.0 Å². The molecule has 1 aromatic carbocycles. The van der Waals surface area contributed by atoms with Crippen molar-refractivity contribution in [3.05, 3.63) is 46.2 Å². The van der Waals surface area contributed by atoms with Crippen molar-refractivity contribution in [2.24, 2.45) is 5.92 Å². The zero-order valence-corrected chi connectivity index (χ0v) is 13.4. The molecule has 1 aromatic heterocycles. The Balaban J connectivity index is 2.36. The van der Waals surface area contributed by atoms with Crippen LogP contribution in [0.2, 0.25) is 5.02 Å². The first-order valence-corrected chi connectivity index (χ1v) is 7.20. The number of carbonyl (C=O) groups is 1. The fourth-order valence-corrected chi connectivity index (χ4v) is 2.60. The lowest BCUT2D eigenvalue weighted by atomic mass is 10.00. The van der Waals surface area contributed by atoms with Gasteiger partial charge in [0.1, 0.15) is 0 Å². The van der Waals surface area contributed by atoms with E-state index in [-0.39, 0.29) is 11.9 Å². The minimum absolute atomic E-state index is 0.190. The van der Waals surface area contributed by atoms with Gasteiger partial charge in [-0.2, -0.15) is 5.10 Å². The largest absolute Gasteiger partial charge is 0.469 e. The fourth-order valence-electron chi connectivity index (χ4n) is 2.42. The highest BCUT2D eigenvalue weighted by Crippen LogP contribution is 2.22. The van der Waals surface area contributed by atoms with E-state index in [0.717, 1.165) is 22.6 Å². The van der Waals surface area contributed by atoms with E-state index in [2.05, 4.69) is 5.10 Å². The third-order valence-corrected chi connectivity index (χ3v) is 3.84. The Kier molecular flexibility index (Phi) is 4.68. The fraction of sp³-hybridized carbons (Fsp3) is 0.375. The summed E-state index contributed by atoms with van der Waals surface area (Å²) in [5.41, 5.74) is 3.93. The highest BCUT2D eigenvalue weighted by Gasteiger charge is 2.20. The van der Waals surface area contributed by atoms with Crippen LogP contribution in [0.5, 0.6) is 0 Å². The molecule has 1 unspecified atom stereocenters. The van der Waals surface area contributed by atoms with Crippen molar-refractivity contribution in [3.63, 3.8) is 0 Å². The number of hydrogen-bond acceptors (Lipinski definition) is 3. The third-order valence-electron chi connectivity index (χ3n) is 3.61. The Morgan fingerprint density at radius 2 is 2.14 bits per heavy atom. The molecule has 1 atom stereocenters. The predicted molar refractivity (Wildman–Crippen MR) is 82.9 cm³/mol. The number of halogens is 1. The summed E-state index contributed by atoms with van der Waals surface area (Å²) in [4.78, 5) is 11.6. The quantitative estimate of drug-likeness (QED) is 0.812. The van der Waals surface area contributed by atoms with E-state index in [4.69, 9.17) is 16.3 Å². The van der Waals surface area contributed by atoms with Gasteiger partial charge in [-0.25, -0.2) is 4.68 Å².